The molecule has 0 spiro atoms. The van der Waals surface area contributed by atoms with E-state index >= 15 is 0 Å². The third-order valence-electron chi connectivity index (χ3n) is 3.47. The van der Waals surface area contributed by atoms with E-state index in [1.807, 2.05) is 31.2 Å². The highest BCUT2D eigenvalue weighted by Crippen LogP contribution is 2.27. The maximum absolute atomic E-state index is 11.9. The highest BCUT2D eigenvalue weighted by molar-refractivity contribution is 8.00. The van der Waals surface area contributed by atoms with Crippen LogP contribution in [-0.2, 0) is 4.79 Å². The predicted octanol–water partition coefficient (Wildman–Crippen LogP) is 2.21. The first-order valence-electron chi connectivity index (χ1n) is 7.70. The second-order valence-electron chi connectivity index (χ2n) is 5.31. The molecule has 3 aromatic rings. The van der Waals surface area contributed by atoms with Crippen molar-refractivity contribution in [1.29, 1.82) is 0 Å². The minimum atomic E-state index is -0.454. The van der Waals surface area contributed by atoms with E-state index in [-0.39, 0.29) is 22.6 Å². The van der Waals surface area contributed by atoms with E-state index in [1.165, 1.54) is 18.0 Å². The highest BCUT2D eigenvalue weighted by Gasteiger charge is 2.14. The van der Waals surface area contributed by atoms with Gasteiger partial charge in [-0.3, -0.25) is 25.4 Å². The van der Waals surface area contributed by atoms with Crippen molar-refractivity contribution in [1.82, 2.24) is 25.8 Å². The van der Waals surface area contributed by atoms with Gasteiger partial charge in [-0.05, 0) is 31.2 Å². The second-order valence-corrected chi connectivity index (χ2v) is 6.64. The Morgan fingerprint density at radius 2 is 1.96 bits per heavy atom. The number of fused-ring (bicyclic) bond motifs is 1. The van der Waals surface area contributed by atoms with Crippen molar-refractivity contribution < 1.29 is 9.59 Å². The topological polar surface area (TPSA) is 99.8 Å². The molecule has 0 aliphatic carbocycles. The summed E-state index contributed by atoms with van der Waals surface area (Å²) in [5, 5.41) is 0.0182. The van der Waals surface area contributed by atoms with E-state index < -0.39 is 5.91 Å². The first-order chi connectivity index (χ1) is 12.1. The number of amides is 2. The van der Waals surface area contributed by atoms with Crippen molar-refractivity contribution in [2.24, 2.45) is 0 Å². The number of carbonyl (C=O) groups excluding carboxylic acids is 2. The Morgan fingerprint density at radius 3 is 2.72 bits per heavy atom. The standard InChI is InChI=1S/C17H17N5O2S/c1-11(16-19-12-6-2-3-7-13(12)20-16)25-10-15(23)21-22-17(24)14-8-4-5-9-18-14/h2-9,11H,10H2,1H3,(H,19,20)(H,21,23)(H,22,24)/t11-/m0/s1. The minimum absolute atomic E-state index is 0.0182. The average molecular weight is 355 g/mol. The SMILES string of the molecule is C[C@H](SCC(=O)NNC(=O)c1ccccn1)c1nc2ccccc2[nH]1. The summed E-state index contributed by atoms with van der Waals surface area (Å²) in [6.07, 6.45) is 1.52. The van der Waals surface area contributed by atoms with Crippen LogP contribution in [0.1, 0.15) is 28.5 Å². The lowest BCUT2D eigenvalue weighted by Gasteiger charge is -2.09. The maximum Gasteiger partial charge on any atom is 0.288 e. The zero-order chi connectivity index (χ0) is 17.6. The molecular weight excluding hydrogens is 338 g/mol. The van der Waals surface area contributed by atoms with Gasteiger partial charge in [-0.2, -0.15) is 0 Å². The molecule has 0 unspecified atom stereocenters. The molecule has 3 rings (SSSR count). The van der Waals surface area contributed by atoms with Crippen LogP contribution in [0.2, 0.25) is 0 Å². The number of para-hydroxylation sites is 2. The molecule has 128 valence electrons. The van der Waals surface area contributed by atoms with Gasteiger partial charge in [0.25, 0.3) is 5.91 Å². The number of hydrogen-bond acceptors (Lipinski definition) is 5. The number of hydrazine groups is 1. The zero-order valence-corrected chi connectivity index (χ0v) is 14.3. The Labute approximate surface area is 148 Å². The van der Waals surface area contributed by atoms with Crippen LogP contribution < -0.4 is 10.9 Å². The number of nitrogens with one attached hydrogen (secondary N) is 3. The molecule has 1 atom stereocenters. The van der Waals surface area contributed by atoms with Crippen molar-refractivity contribution in [3.8, 4) is 0 Å². The number of H-pyrrole nitrogens is 1. The Hall–Kier alpha value is -2.87. The highest BCUT2D eigenvalue weighted by atomic mass is 32.2. The van der Waals surface area contributed by atoms with Crippen molar-refractivity contribution >= 4 is 34.6 Å². The normalized spacial score (nSPS) is 11.9. The monoisotopic (exact) mass is 355 g/mol. The number of rotatable bonds is 5. The maximum atomic E-state index is 11.9. The molecule has 7 nitrogen and oxygen atoms in total. The molecule has 2 heterocycles. The number of benzene rings is 1. The Balaban J connectivity index is 1.47. The fraction of sp³-hybridized carbons (Fsp3) is 0.176. The molecule has 1 aromatic carbocycles. The number of imidazole rings is 1. The van der Waals surface area contributed by atoms with Crippen LogP contribution in [0.4, 0.5) is 0 Å². The summed E-state index contributed by atoms with van der Waals surface area (Å²) in [5.41, 5.74) is 6.84. The summed E-state index contributed by atoms with van der Waals surface area (Å²) in [7, 11) is 0. The molecule has 2 amide bonds. The van der Waals surface area contributed by atoms with Gasteiger partial charge in [0.1, 0.15) is 11.5 Å². The molecule has 3 N–H and O–H groups in total. The van der Waals surface area contributed by atoms with Crippen LogP contribution >= 0.6 is 11.8 Å². The third-order valence-corrected chi connectivity index (χ3v) is 4.62. The van der Waals surface area contributed by atoms with Crippen molar-refractivity contribution in [3.05, 3.63) is 60.2 Å². The van der Waals surface area contributed by atoms with Gasteiger partial charge in [-0.25, -0.2) is 4.98 Å². The van der Waals surface area contributed by atoms with E-state index in [0.29, 0.717) is 0 Å². The number of nitrogens with zero attached hydrogens (tertiary/aromatic N) is 2. The van der Waals surface area contributed by atoms with E-state index in [9.17, 15) is 9.59 Å². The van der Waals surface area contributed by atoms with E-state index in [4.69, 9.17) is 0 Å². The number of pyridine rings is 1. The Morgan fingerprint density at radius 1 is 1.16 bits per heavy atom. The van der Waals surface area contributed by atoms with Crippen LogP contribution in [0.5, 0.6) is 0 Å². The molecule has 0 aliphatic heterocycles. The number of carbonyl (C=O) groups is 2. The van der Waals surface area contributed by atoms with Crippen molar-refractivity contribution in [2.75, 3.05) is 5.75 Å². The molecule has 0 saturated heterocycles. The Kier molecular flexibility index (Phi) is 5.30. The molecule has 0 fully saturated rings. The number of aromatic amines is 1. The summed E-state index contributed by atoms with van der Waals surface area (Å²) in [6, 6.07) is 12.8. The van der Waals surface area contributed by atoms with Gasteiger partial charge in [0.2, 0.25) is 5.91 Å². The predicted molar refractivity (Wildman–Crippen MR) is 96.8 cm³/mol. The number of hydrogen-bond donors (Lipinski definition) is 3. The lowest BCUT2D eigenvalue weighted by molar-refractivity contribution is -0.119. The lowest BCUT2D eigenvalue weighted by Crippen LogP contribution is -2.42. The summed E-state index contributed by atoms with van der Waals surface area (Å²) in [5.74, 6) is 0.263. The molecule has 8 heteroatoms. The van der Waals surface area contributed by atoms with Gasteiger partial charge in [0.05, 0.1) is 22.0 Å². The van der Waals surface area contributed by atoms with Gasteiger partial charge in [-0.1, -0.05) is 18.2 Å². The summed E-state index contributed by atoms with van der Waals surface area (Å²) >= 11 is 1.43. The van der Waals surface area contributed by atoms with Crippen molar-refractivity contribution in [3.63, 3.8) is 0 Å². The largest absolute Gasteiger partial charge is 0.341 e. The van der Waals surface area contributed by atoms with Gasteiger partial charge >= 0.3 is 0 Å². The molecule has 0 radical (unpaired) electrons. The van der Waals surface area contributed by atoms with Gasteiger partial charge in [-0.15, -0.1) is 11.8 Å². The summed E-state index contributed by atoms with van der Waals surface area (Å²) in [4.78, 5) is 35.4. The van der Waals surface area contributed by atoms with Crippen LogP contribution in [0.25, 0.3) is 11.0 Å². The summed E-state index contributed by atoms with van der Waals surface area (Å²) < 4.78 is 0. The molecule has 0 saturated carbocycles. The van der Waals surface area contributed by atoms with E-state index in [2.05, 4.69) is 25.8 Å². The van der Waals surface area contributed by atoms with Crippen LogP contribution in [0.15, 0.2) is 48.7 Å². The fourth-order valence-corrected chi connectivity index (χ4v) is 2.91. The van der Waals surface area contributed by atoms with Gasteiger partial charge in [0, 0.05) is 6.20 Å². The zero-order valence-electron chi connectivity index (χ0n) is 13.5. The van der Waals surface area contributed by atoms with Crippen LogP contribution in [0.3, 0.4) is 0 Å². The van der Waals surface area contributed by atoms with Gasteiger partial charge < -0.3 is 4.98 Å². The first-order valence-corrected chi connectivity index (χ1v) is 8.75. The van der Waals surface area contributed by atoms with Crippen molar-refractivity contribution in [2.45, 2.75) is 12.2 Å². The molecule has 2 aromatic heterocycles. The van der Waals surface area contributed by atoms with E-state index in [0.717, 1.165) is 16.9 Å². The smallest absolute Gasteiger partial charge is 0.288 e. The summed E-state index contributed by atoms with van der Waals surface area (Å²) in [6.45, 7) is 1.97. The average Bonchev–Trinajstić information content (AvgIpc) is 3.09. The first kappa shape index (κ1) is 17.0. The molecular formula is C17H17N5O2S. The molecule has 0 bridgehead atoms. The van der Waals surface area contributed by atoms with Crippen LogP contribution in [0, 0.1) is 0 Å². The third kappa shape index (κ3) is 4.36. The fourth-order valence-electron chi connectivity index (χ4n) is 2.17. The second kappa shape index (κ2) is 7.80. The molecule has 0 aliphatic rings. The van der Waals surface area contributed by atoms with Gasteiger partial charge in [0.15, 0.2) is 0 Å². The Bertz CT molecular complexity index is 848. The lowest BCUT2D eigenvalue weighted by atomic mass is 10.3. The quantitative estimate of drug-likeness (QED) is 0.609. The minimum Gasteiger partial charge on any atom is -0.341 e. The number of aromatic nitrogens is 3. The number of thioether (sulfide) groups is 1. The molecule has 25 heavy (non-hydrogen) atoms. The van der Waals surface area contributed by atoms with Crippen LogP contribution in [-0.4, -0.2) is 32.5 Å². The van der Waals surface area contributed by atoms with E-state index in [1.54, 1.807) is 18.2 Å².